The van der Waals surface area contributed by atoms with Crippen LogP contribution < -0.4 is 10.3 Å². The lowest BCUT2D eigenvalue weighted by Crippen LogP contribution is -2.49. The summed E-state index contributed by atoms with van der Waals surface area (Å²) in [6.07, 6.45) is 10.9. The lowest BCUT2D eigenvalue weighted by Gasteiger charge is -2.57. The molecule has 1 aromatic rings. The molecule has 1 aromatic carbocycles. The molecule has 0 saturated heterocycles. The molecule has 4 aliphatic rings. The molecule has 5 rings (SSSR count). The number of hydrogen-bond donors (Lipinski definition) is 3. The van der Waals surface area contributed by atoms with Gasteiger partial charge in [-0.15, -0.1) is 4.83 Å². The molecule has 5 nitrogen and oxygen atoms in total. The normalized spacial score (nSPS) is 38.9. The molecule has 0 aliphatic heterocycles. The van der Waals surface area contributed by atoms with Gasteiger partial charge in [0.1, 0.15) is 0 Å². The second-order valence-corrected chi connectivity index (χ2v) is 13.5. The Labute approximate surface area is 205 Å². The fourth-order valence-corrected chi connectivity index (χ4v) is 8.97. The van der Waals surface area contributed by atoms with Crippen LogP contribution in [0.3, 0.4) is 0 Å². The number of hydrazine groups is 1. The standard InChI is InChI=1S/C28H40N2O3S/c1-18-5-8-22(9-6-18)34(32,33)30-29-19(2)24-11-12-25-23-10-7-20-17-21(31)13-15-27(20,3)26(23)14-16-28(24,25)4/h5-9,21,23,25-26,29-31H,10-17H2,1-4H3/t21?,23-,25-,26-,27-,28+/m0/s1. The van der Waals surface area contributed by atoms with Crippen LogP contribution in [-0.2, 0) is 10.0 Å². The lowest BCUT2D eigenvalue weighted by atomic mass is 9.48. The fraction of sp³-hybridized carbons (Fsp3) is 0.643. The smallest absolute Gasteiger partial charge is 0.257 e. The van der Waals surface area contributed by atoms with Gasteiger partial charge in [-0.3, -0.25) is 0 Å². The Balaban J connectivity index is 1.35. The van der Waals surface area contributed by atoms with Crippen molar-refractivity contribution in [1.29, 1.82) is 0 Å². The van der Waals surface area contributed by atoms with E-state index in [4.69, 9.17) is 0 Å². The summed E-state index contributed by atoms with van der Waals surface area (Å²) in [5.74, 6) is 2.01. The molecule has 3 fully saturated rings. The van der Waals surface area contributed by atoms with Crippen molar-refractivity contribution in [3.8, 4) is 0 Å². The summed E-state index contributed by atoms with van der Waals surface area (Å²) in [6, 6.07) is 6.92. The van der Waals surface area contributed by atoms with Gasteiger partial charge in [-0.25, -0.2) is 8.42 Å². The molecule has 4 aliphatic carbocycles. The molecule has 0 radical (unpaired) electrons. The molecule has 6 atom stereocenters. The lowest BCUT2D eigenvalue weighted by molar-refractivity contribution is -0.0271. The number of fused-ring (bicyclic) bond motifs is 5. The average Bonchev–Trinajstić information content (AvgIpc) is 3.15. The van der Waals surface area contributed by atoms with E-state index in [1.165, 1.54) is 24.0 Å². The van der Waals surface area contributed by atoms with Gasteiger partial charge in [0.25, 0.3) is 10.0 Å². The zero-order valence-corrected chi connectivity index (χ0v) is 21.8. The Morgan fingerprint density at radius 3 is 2.44 bits per heavy atom. The number of allylic oxidation sites excluding steroid dienone is 3. The first kappa shape index (κ1) is 24.1. The largest absolute Gasteiger partial charge is 0.393 e. The number of benzene rings is 1. The minimum Gasteiger partial charge on any atom is -0.393 e. The minimum absolute atomic E-state index is 0.115. The Kier molecular flexibility index (Phi) is 6.01. The maximum absolute atomic E-state index is 12.8. The van der Waals surface area contributed by atoms with Gasteiger partial charge in [-0.05, 0) is 112 Å². The molecular weight excluding hydrogens is 444 g/mol. The van der Waals surface area contributed by atoms with E-state index in [1.54, 1.807) is 12.1 Å². The monoisotopic (exact) mass is 484 g/mol. The van der Waals surface area contributed by atoms with Crippen molar-refractivity contribution >= 4 is 10.0 Å². The van der Waals surface area contributed by atoms with Crippen LogP contribution in [-0.4, -0.2) is 19.6 Å². The Hall–Kier alpha value is -1.63. The van der Waals surface area contributed by atoms with Gasteiger partial charge >= 0.3 is 0 Å². The summed E-state index contributed by atoms with van der Waals surface area (Å²) < 4.78 is 25.6. The second kappa shape index (κ2) is 8.49. The van der Waals surface area contributed by atoms with Crippen LogP contribution in [0.15, 0.2) is 52.1 Å². The Bertz CT molecular complexity index is 1120. The highest BCUT2D eigenvalue weighted by Gasteiger charge is 2.57. The van der Waals surface area contributed by atoms with Crippen molar-refractivity contribution in [1.82, 2.24) is 10.3 Å². The number of hydrogen-bond acceptors (Lipinski definition) is 4. The Morgan fingerprint density at radius 1 is 1.03 bits per heavy atom. The van der Waals surface area contributed by atoms with Crippen molar-refractivity contribution in [2.75, 3.05) is 0 Å². The average molecular weight is 485 g/mol. The first-order chi connectivity index (χ1) is 16.0. The SMILES string of the molecule is CC(NNS(=O)(=O)c1ccc(C)cc1)=C1CC[C@H]2[C@@H]3CC=C4CC(O)CC[C@]4(C)[C@H]3CC[C@]12C. The molecule has 0 spiro atoms. The van der Waals surface area contributed by atoms with Crippen LogP contribution in [0.25, 0.3) is 0 Å². The first-order valence-electron chi connectivity index (χ1n) is 13.0. The predicted octanol–water partition coefficient (Wildman–Crippen LogP) is 5.38. The number of rotatable bonds is 4. The predicted molar refractivity (Wildman–Crippen MR) is 135 cm³/mol. The summed E-state index contributed by atoms with van der Waals surface area (Å²) in [7, 11) is -3.62. The van der Waals surface area contributed by atoms with Gasteiger partial charge in [0, 0.05) is 5.70 Å². The molecule has 0 aromatic heterocycles. The van der Waals surface area contributed by atoms with Crippen molar-refractivity contribution in [2.45, 2.75) is 90.1 Å². The van der Waals surface area contributed by atoms with E-state index in [2.05, 4.69) is 30.2 Å². The second-order valence-electron chi connectivity index (χ2n) is 11.8. The van der Waals surface area contributed by atoms with Gasteiger partial charge in [0.2, 0.25) is 0 Å². The Morgan fingerprint density at radius 2 is 1.71 bits per heavy atom. The maximum atomic E-state index is 12.8. The molecule has 186 valence electrons. The summed E-state index contributed by atoms with van der Waals surface area (Å²) in [5.41, 5.74) is 8.32. The number of aliphatic hydroxyl groups is 1. The summed E-state index contributed by atoms with van der Waals surface area (Å²) >= 11 is 0. The van der Waals surface area contributed by atoms with Crippen molar-refractivity contribution in [3.63, 3.8) is 0 Å². The van der Waals surface area contributed by atoms with Gasteiger partial charge in [-0.2, -0.15) is 0 Å². The van der Waals surface area contributed by atoms with Crippen LogP contribution in [0, 0.1) is 35.5 Å². The van der Waals surface area contributed by atoms with Crippen LogP contribution in [0.2, 0.25) is 0 Å². The highest BCUT2D eigenvalue weighted by atomic mass is 32.2. The minimum atomic E-state index is -3.62. The van der Waals surface area contributed by atoms with E-state index in [0.29, 0.717) is 17.8 Å². The van der Waals surface area contributed by atoms with Crippen LogP contribution in [0.1, 0.15) is 77.7 Å². The van der Waals surface area contributed by atoms with Crippen molar-refractivity contribution < 1.29 is 13.5 Å². The molecule has 1 unspecified atom stereocenters. The molecule has 3 N–H and O–H groups in total. The summed E-state index contributed by atoms with van der Waals surface area (Å²) in [6.45, 7) is 8.85. The van der Waals surface area contributed by atoms with E-state index >= 15 is 0 Å². The highest BCUT2D eigenvalue weighted by molar-refractivity contribution is 7.89. The molecule has 0 heterocycles. The molecule has 3 saturated carbocycles. The van der Waals surface area contributed by atoms with Crippen LogP contribution >= 0.6 is 0 Å². The van der Waals surface area contributed by atoms with Gasteiger partial charge in [0.05, 0.1) is 11.0 Å². The number of aryl methyl sites for hydroxylation is 1. The molecule has 6 heteroatoms. The summed E-state index contributed by atoms with van der Waals surface area (Å²) in [5, 5.41) is 10.2. The highest BCUT2D eigenvalue weighted by Crippen LogP contribution is 2.66. The third-order valence-corrected chi connectivity index (χ3v) is 11.3. The fourth-order valence-electron chi connectivity index (χ4n) is 8.07. The quantitative estimate of drug-likeness (QED) is 0.396. The molecule has 0 amide bonds. The van der Waals surface area contributed by atoms with Crippen LogP contribution in [0.4, 0.5) is 0 Å². The van der Waals surface area contributed by atoms with E-state index in [-0.39, 0.29) is 21.8 Å². The molecule has 34 heavy (non-hydrogen) atoms. The number of aliphatic hydroxyl groups excluding tert-OH is 1. The third kappa shape index (κ3) is 3.86. The summed E-state index contributed by atoms with van der Waals surface area (Å²) in [4.78, 5) is 2.89. The molecule has 0 bridgehead atoms. The van der Waals surface area contributed by atoms with Crippen molar-refractivity contribution in [2.24, 2.45) is 28.6 Å². The van der Waals surface area contributed by atoms with Crippen molar-refractivity contribution in [3.05, 3.63) is 52.7 Å². The van der Waals surface area contributed by atoms with E-state index < -0.39 is 10.0 Å². The third-order valence-electron chi connectivity index (χ3n) is 10.0. The van der Waals surface area contributed by atoms with Crippen LogP contribution in [0.5, 0.6) is 0 Å². The zero-order chi connectivity index (χ0) is 24.3. The van der Waals surface area contributed by atoms with E-state index in [1.807, 2.05) is 26.0 Å². The number of sulfonamides is 1. The van der Waals surface area contributed by atoms with Gasteiger partial charge in [0.15, 0.2) is 0 Å². The molecular formula is C28H40N2O3S. The van der Waals surface area contributed by atoms with Gasteiger partial charge < -0.3 is 10.5 Å². The van der Waals surface area contributed by atoms with E-state index in [9.17, 15) is 13.5 Å². The topological polar surface area (TPSA) is 78.4 Å². The van der Waals surface area contributed by atoms with Gasteiger partial charge in [-0.1, -0.05) is 43.2 Å². The van der Waals surface area contributed by atoms with E-state index in [0.717, 1.165) is 49.8 Å². The number of nitrogens with one attached hydrogen (secondary N) is 2. The first-order valence-corrected chi connectivity index (χ1v) is 14.5. The zero-order valence-electron chi connectivity index (χ0n) is 21.0. The maximum Gasteiger partial charge on any atom is 0.257 e.